The van der Waals surface area contributed by atoms with Crippen molar-refractivity contribution in [3.05, 3.63) is 0 Å². The van der Waals surface area contributed by atoms with Crippen LogP contribution in [0.1, 0.15) is 47.5 Å². The van der Waals surface area contributed by atoms with Crippen LogP contribution in [-0.2, 0) is 14.2 Å². The molecule has 0 radical (unpaired) electrons. The number of hydrogen-bond acceptors (Lipinski definition) is 4. The summed E-state index contributed by atoms with van der Waals surface area (Å²) in [5.41, 5.74) is -0.642. The van der Waals surface area contributed by atoms with Gasteiger partial charge in [-0.05, 0) is 47.5 Å². The fourth-order valence-electron chi connectivity index (χ4n) is 1.90. The predicted octanol–water partition coefficient (Wildman–Crippen LogP) is 2.79. The van der Waals surface area contributed by atoms with Gasteiger partial charge in [-0.1, -0.05) is 0 Å². The van der Waals surface area contributed by atoms with Crippen LogP contribution < -0.4 is 0 Å². The predicted molar refractivity (Wildman–Crippen MR) is 73.0 cm³/mol. The number of carbonyl (C=O) groups excluding carboxylic acids is 1. The second kappa shape index (κ2) is 6.57. The van der Waals surface area contributed by atoms with Gasteiger partial charge in [0.25, 0.3) is 0 Å². The zero-order chi connectivity index (χ0) is 14.5. The number of nitrogens with zero attached hydrogens (tertiary/aromatic N) is 1. The van der Waals surface area contributed by atoms with Gasteiger partial charge in [-0.2, -0.15) is 0 Å². The Hall–Kier alpha value is -0.810. The van der Waals surface area contributed by atoms with E-state index in [9.17, 15) is 4.79 Å². The lowest BCUT2D eigenvalue weighted by Crippen LogP contribution is -2.48. The third-order valence-electron chi connectivity index (χ3n) is 3.17. The monoisotopic (exact) mass is 273 g/mol. The normalized spacial score (nSPS) is 19.3. The van der Waals surface area contributed by atoms with E-state index in [1.165, 1.54) is 0 Å². The first-order valence-corrected chi connectivity index (χ1v) is 6.95. The maximum atomic E-state index is 11.9. The quantitative estimate of drug-likeness (QED) is 0.584. The molecule has 0 aliphatic carbocycles. The lowest BCUT2D eigenvalue weighted by molar-refractivity contribution is -0.150. The van der Waals surface area contributed by atoms with Gasteiger partial charge in [0.1, 0.15) is 12.4 Å². The lowest BCUT2D eigenvalue weighted by Gasteiger charge is -2.39. The van der Waals surface area contributed by atoms with E-state index in [1.54, 1.807) is 4.90 Å². The van der Waals surface area contributed by atoms with Crippen molar-refractivity contribution in [2.45, 2.75) is 58.7 Å². The van der Waals surface area contributed by atoms with Gasteiger partial charge >= 0.3 is 6.09 Å². The van der Waals surface area contributed by atoms with E-state index in [0.29, 0.717) is 26.5 Å². The van der Waals surface area contributed by atoms with Gasteiger partial charge in [0.15, 0.2) is 0 Å². The van der Waals surface area contributed by atoms with E-state index < -0.39 is 5.60 Å². The number of ether oxygens (including phenoxy) is 3. The van der Waals surface area contributed by atoms with Gasteiger partial charge in [0.05, 0.1) is 5.60 Å². The molecule has 0 N–H and O–H groups in total. The van der Waals surface area contributed by atoms with Crippen LogP contribution in [0.2, 0.25) is 0 Å². The maximum Gasteiger partial charge on any atom is 0.410 e. The molecule has 0 unspecified atom stereocenters. The number of carbonyl (C=O) groups is 1. The number of hydrogen-bond donors (Lipinski definition) is 0. The van der Waals surface area contributed by atoms with Gasteiger partial charge in [-0.25, -0.2) is 4.79 Å². The molecule has 1 heterocycles. The highest BCUT2D eigenvalue weighted by Crippen LogP contribution is 2.26. The Bertz CT molecular complexity index is 290. The van der Waals surface area contributed by atoms with Crippen molar-refractivity contribution in [3.63, 3.8) is 0 Å². The third-order valence-corrected chi connectivity index (χ3v) is 3.17. The van der Waals surface area contributed by atoms with Crippen LogP contribution in [-0.4, -0.2) is 48.7 Å². The molecule has 1 aliphatic rings. The van der Waals surface area contributed by atoms with Gasteiger partial charge < -0.3 is 19.1 Å². The van der Waals surface area contributed by atoms with Gasteiger partial charge in [0.2, 0.25) is 0 Å². The lowest BCUT2D eigenvalue weighted by atomic mass is 9.94. The third kappa shape index (κ3) is 5.78. The number of likely N-dealkylation sites (tertiary alicyclic amines) is 1. The molecule has 0 saturated carbocycles. The average molecular weight is 273 g/mol. The molecule has 0 atom stereocenters. The van der Waals surface area contributed by atoms with Crippen LogP contribution in [0.3, 0.4) is 0 Å². The molecular formula is C14H27NO4. The fourth-order valence-corrected chi connectivity index (χ4v) is 1.90. The minimum atomic E-state index is -0.441. The van der Waals surface area contributed by atoms with Crippen molar-refractivity contribution < 1.29 is 19.0 Å². The summed E-state index contributed by atoms with van der Waals surface area (Å²) in [7, 11) is 0. The van der Waals surface area contributed by atoms with Crippen LogP contribution in [0.15, 0.2) is 0 Å². The molecule has 19 heavy (non-hydrogen) atoms. The summed E-state index contributed by atoms with van der Waals surface area (Å²) in [5.74, 6) is 0. The summed E-state index contributed by atoms with van der Waals surface area (Å²) < 4.78 is 16.3. The van der Waals surface area contributed by atoms with Crippen LogP contribution in [0.5, 0.6) is 0 Å². The molecule has 1 rings (SSSR count). The van der Waals surface area contributed by atoms with Gasteiger partial charge in [-0.3, -0.25) is 0 Å². The molecule has 5 heteroatoms. The zero-order valence-electron chi connectivity index (χ0n) is 12.8. The summed E-state index contributed by atoms with van der Waals surface area (Å²) in [6.45, 7) is 11.9. The number of rotatable bonds is 4. The van der Waals surface area contributed by atoms with E-state index in [1.807, 2.05) is 27.7 Å². The molecule has 1 fully saturated rings. The van der Waals surface area contributed by atoms with Gasteiger partial charge in [0, 0.05) is 19.7 Å². The van der Waals surface area contributed by atoms with Crippen LogP contribution in [0, 0.1) is 0 Å². The van der Waals surface area contributed by atoms with Crippen molar-refractivity contribution in [1.29, 1.82) is 0 Å². The molecule has 0 spiro atoms. The SMILES string of the molecule is CCOCOC1(C)CCN(C(=O)OC(C)(C)C)CC1. The van der Waals surface area contributed by atoms with Gasteiger partial charge in [-0.15, -0.1) is 0 Å². The Balaban J connectivity index is 2.37. The Kier molecular flexibility index (Phi) is 5.62. The van der Waals surface area contributed by atoms with E-state index in [2.05, 4.69) is 6.92 Å². The van der Waals surface area contributed by atoms with E-state index >= 15 is 0 Å². The molecule has 112 valence electrons. The highest BCUT2D eigenvalue weighted by Gasteiger charge is 2.34. The second-order valence-corrected chi connectivity index (χ2v) is 6.17. The second-order valence-electron chi connectivity index (χ2n) is 6.17. The topological polar surface area (TPSA) is 48.0 Å². The van der Waals surface area contributed by atoms with E-state index in [-0.39, 0.29) is 11.7 Å². The maximum absolute atomic E-state index is 11.9. The molecule has 1 saturated heterocycles. The van der Waals surface area contributed by atoms with Crippen LogP contribution >= 0.6 is 0 Å². The van der Waals surface area contributed by atoms with Crippen molar-refractivity contribution >= 4 is 6.09 Å². The first kappa shape index (κ1) is 16.2. The Labute approximate surface area is 116 Å². The Morgan fingerprint density at radius 3 is 2.32 bits per heavy atom. The van der Waals surface area contributed by atoms with Crippen molar-refractivity contribution in [1.82, 2.24) is 4.90 Å². The van der Waals surface area contributed by atoms with Crippen molar-refractivity contribution in [2.24, 2.45) is 0 Å². The summed E-state index contributed by atoms with van der Waals surface area (Å²) in [6, 6.07) is 0. The molecular weight excluding hydrogens is 246 g/mol. The Morgan fingerprint density at radius 2 is 1.84 bits per heavy atom. The summed E-state index contributed by atoms with van der Waals surface area (Å²) in [6.07, 6.45) is 1.37. The summed E-state index contributed by atoms with van der Waals surface area (Å²) in [5, 5.41) is 0. The minimum absolute atomic E-state index is 0.201. The molecule has 0 bridgehead atoms. The molecule has 5 nitrogen and oxygen atoms in total. The standard InChI is InChI=1S/C14H27NO4/c1-6-17-11-18-14(5)7-9-15(10-8-14)12(16)19-13(2,3)4/h6-11H2,1-5H3. The number of piperidine rings is 1. The van der Waals surface area contributed by atoms with Crippen LogP contribution in [0.4, 0.5) is 4.79 Å². The fraction of sp³-hybridized carbons (Fsp3) is 0.929. The molecule has 1 aliphatic heterocycles. The molecule has 1 amide bonds. The summed E-state index contributed by atoms with van der Waals surface area (Å²) >= 11 is 0. The zero-order valence-corrected chi connectivity index (χ0v) is 12.8. The Morgan fingerprint density at radius 1 is 1.26 bits per heavy atom. The first-order chi connectivity index (χ1) is 8.76. The largest absolute Gasteiger partial charge is 0.444 e. The van der Waals surface area contributed by atoms with Crippen molar-refractivity contribution in [3.8, 4) is 0 Å². The van der Waals surface area contributed by atoms with Crippen LogP contribution in [0.25, 0.3) is 0 Å². The minimum Gasteiger partial charge on any atom is -0.444 e. The molecule has 0 aromatic heterocycles. The highest BCUT2D eigenvalue weighted by atomic mass is 16.7. The highest BCUT2D eigenvalue weighted by molar-refractivity contribution is 5.68. The van der Waals surface area contributed by atoms with Crippen molar-refractivity contribution in [2.75, 3.05) is 26.5 Å². The molecule has 0 aromatic rings. The number of amides is 1. The first-order valence-electron chi connectivity index (χ1n) is 6.95. The summed E-state index contributed by atoms with van der Waals surface area (Å²) in [4.78, 5) is 13.7. The molecule has 0 aromatic carbocycles. The smallest absolute Gasteiger partial charge is 0.410 e. The average Bonchev–Trinajstić information content (AvgIpc) is 2.27. The van der Waals surface area contributed by atoms with E-state index in [0.717, 1.165) is 12.8 Å². The van der Waals surface area contributed by atoms with E-state index in [4.69, 9.17) is 14.2 Å².